The fourth-order valence-corrected chi connectivity index (χ4v) is 2.58. The molecule has 21 heavy (non-hydrogen) atoms. The maximum Gasteiger partial charge on any atom is 0.142 e. The molecule has 2 aromatic carbocycles. The molecule has 2 rings (SSSR count). The maximum atomic E-state index is 5.46. The Morgan fingerprint density at radius 1 is 0.810 bits per heavy atom. The summed E-state index contributed by atoms with van der Waals surface area (Å²) in [5, 5.41) is 3.60. The zero-order valence-electron chi connectivity index (χ0n) is 13.6. The Kier molecular flexibility index (Phi) is 4.89. The van der Waals surface area contributed by atoms with Gasteiger partial charge in [-0.3, -0.25) is 0 Å². The van der Waals surface area contributed by atoms with Crippen molar-refractivity contribution in [2.75, 3.05) is 12.4 Å². The van der Waals surface area contributed by atoms with Crippen LogP contribution in [-0.2, 0) is 0 Å². The molecular weight excluding hydrogens is 258 g/mol. The summed E-state index contributed by atoms with van der Waals surface area (Å²) < 4.78 is 5.46. The molecule has 0 unspecified atom stereocenters. The van der Waals surface area contributed by atoms with E-state index in [9.17, 15) is 0 Å². The highest BCUT2D eigenvalue weighted by Crippen LogP contribution is 2.36. The van der Waals surface area contributed by atoms with Gasteiger partial charge in [0.25, 0.3) is 0 Å². The third-order valence-electron chi connectivity index (χ3n) is 3.74. The van der Waals surface area contributed by atoms with Crippen LogP contribution < -0.4 is 10.1 Å². The molecule has 0 atom stereocenters. The van der Waals surface area contributed by atoms with Crippen LogP contribution in [0.15, 0.2) is 42.5 Å². The number of hydrogen-bond acceptors (Lipinski definition) is 2. The Balaban J connectivity index is 2.51. The first-order chi connectivity index (χ1) is 10.0. The SMILES string of the molecule is COc1ccccc1Nc1c(C(C)C)cccc1C(C)C. The van der Waals surface area contributed by atoms with Crippen molar-refractivity contribution in [3.8, 4) is 5.75 Å². The Bertz CT molecular complexity index is 576. The number of anilines is 2. The van der Waals surface area contributed by atoms with Gasteiger partial charge in [0.15, 0.2) is 0 Å². The van der Waals surface area contributed by atoms with Gasteiger partial charge in [-0.15, -0.1) is 0 Å². The maximum absolute atomic E-state index is 5.46. The molecule has 0 aliphatic carbocycles. The van der Waals surface area contributed by atoms with Crippen molar-refractivity contribution >= 4 is 11.4 Å². The first-order valence-corrected chi connectivity index (χ1v) is 7.57. The van der Waals surface area contributed by atoms with Gasteiger partial charge >= 0.3 is 0 Å². The first-order valence-electron chi connectivity index (χ1n) is 7.57. The highest BCUT2D eigenvalue weighted by Gasteiger charge is 2.15. The van der Waals surface area contributed by atoms with Crippen molar-refractivity contribution in [2.45, 2.75) is 39.5 Å². The van der Waals surface area contributed by atoms with Gasteiger partial charge in [0.1, 0.15) is 5.75 Å². The van der Waals surface area contributed by atoms with E-state index in [4.69, 9.17) is 4.74 Å². The largest absolute Gasteiger partial charge is 0.495 e. The van der Waals surface area contributed by atoms with E-state index in [0.717, 1.165) is 11.4 Å². The summed E-state index contributed by atoms with van der Waals surface area (Å²) in [5.41, 5.74) is 4.90. The molecule has 0 bridgehead atoms. The Labute approximate surface area is 128 Å². The number of nitrogens with one attached hydrogen (secondary N) is 1. The molecule has 0 radical (unpaired) electrons. The molecule has 2 nitrogen and oxygen atoms in total. The average molecular weight is 283 g/mol. The summed E-state index contributed by atoms with van der Waals surface area (Å²) in [6.07, 6.45) is 0. The lowest BCUT2D eigenvalue weighted by atomic mass is 9.92. The molecule has 0 fully saturated rings. The summed E-state index contributed by atoms with van der Waals surface area (Å²) in [6, 6.07) is 14.6. The van der Waals surface area contributed by atoms with Crippen molar-refractivity contribution in [3.63, 3.8) is 0 Å². The van der Waals surface area contributed by atoms with Gasteiger partial charge in [0.05, 0.1) is 12.8 Å². The van der Waals surface area contributed by atoms with Crippen molar-refractivity contribution in [1.29, 1.82) is 0 Å². The molecule has 0 spiro atoms. The predicted molar refractivity (Wildman–Crippen MR) is 90.9 cm³/mol. The molecule has 2 aromatic rings. The quantitative estimate of drug-likeness (QED) is 0.761. The number of benzene rings is 2. The average Bonchev–Trinajstić information content (AvgIpc) is 2.47. The Morgan fingerprint density at radius 3 is 1.90 bits per heavy atom. The van der Waals surface area contributed by atoms with Gasteiger partial charge < -0.3 is 10.1 Å². The second kappa shape index (κ2) is 6.66. The van der Waals surface area contributed by atoms with E-state index >= 15 is 0 Å². The Morgan fingerprint density at radius 2 is 1.38 bits per heavy atom. The second-order valence-corrected chi connectivity index (χ2v) is 5.95. The number of rotatable bonds is 5. The molecule has 0 saturated carbocycles. The van der Waals surface area contributed by atoms with Crippen molar-refractivity contribution < 1.29 is 4.74 Å². The van der Waals surface area contributed by atoms with Crippen LogP contribution >= 0.6 is 0 Å². The van der Waals surface area contributed by atoms with Crippen molar-refractivity contribution in [3.05, 3.63) is 53.6 Å². The minimum Gasteiger partial charge on any atom is -0.495 e. The van der Waals surface area contributed by atoms with E-state index in [1.807, 2.05) is 18.2 Å². The summed E-state index contributed by atoms with van der Waals surface area (Å²) >= 11 is 0. The molecule has 0 aliphatic heterocycles. The normalized spacial score (nSPS) is 11.0. The molecular formula is C19H25NO. The van der Waals surface area contributed by atoms with E-state index in [1.165, 1.54) is 16.8 Å². The zero-order chi connectivity index (χ0) is 15.4. The predicted octanol–water partition coefficient (Wildman–Crippen LogP) is 5.69. The number of ether oxygens (including phenoxy) is 1. The van der Waals surface area contributed by atoms with Gasteiger partial charge in [0.2, 0.25) is 0 Å². The first kappa shape index (κ1) is 15.4. The fourth-order valence-electron chi connectivity index (χ4n) is 2.58. The lowest BCUT2D eigenvalue weighted by Crippen LogP contribution is -2.04. The van der Waals surface area contributed by atoms with Crippen LogP contribution in [0.1, 0.15) is 50.7 Å². The smallest absolute Gasteiger partial charge is 0.142 e. The van der Waals surface area contributed by atoms with E-state index < -0.39 is 0 Å². The molecule has 0 heterocycles. The monoisotopic (exact) mass is 283 g/mol. The van der Waals surface area contributed by atoms with Gasteiger partial charge in [-0.1, -0.05) is 58.0 Å². The summed E-state index contributed by atoms with van der Waals surface area (Å²) in [6.45, 7) is 8.92. The van der Waals surface area contributed by atoms with Crippen LogP contribution in [0.25, 0.3) is 0 Å². The Hall–Kier alpha value is -1.96. The highest BCUT2D eigenvalue weighted by molar-refractivity contribution is 5.72. The molecule has 0 aromatic heterocycles. The summed E-state index contributed by atoms with van der Waals surface area (Å²) in [7, 11) is 1.71. The third kappa shape index (κ3) is 3.38. The topological polar surface area (TPSA) is 21.3 Å². The van der Waals surface area contributed by atoms with E-state index in [-0.39, 0.29) is 0 Å². The fraction of sp³-hybridized carbons (Fsp3) is 0.368. The summed E-state index contributed by atoms with van der Waals surface area (Å²) in [5.74, 6) is 1.81. The number of hydrogen-bond donors (Lipinski definition) is 1. The van der Waals surface area contributed by atoms with Crippen molar-refractivity contribution in [2.24, 2.45) is 0 Å². The minimum absolute atomic E-state index is 0.473. The van der Waals surface area contributed by atoms with Crippen LogP contribution in [0.3, 0.4) is 0 Å². The molecule has 0 amide bonds. The molecule has 0 saturated heterocycles. The third-order valence-corrected chi connectivity index (χ3v) is 3.74. The number of para-hydroxylation sites is 3. The molecule has 2 heteroatoms. The highest BCUT2D eigenvalue weighted by atomic mass is 16.5. The van der Waals surface area contributed by atoms with E-state index in [0.29, 0.717) is 11.8 Å². The van der Waals surface area contributed by atoms with Gasteiger partial charge in [-0.25, -0.2) is 0 Å². The molecule has 1 N–H and O–H groups in total. The van der Waals surface area contributed by atoms with Gasteiger partial charge in [-0.2, -0.15) is 0 Å². The number of methoxy groups -OCH3 is 1. The standard InChI is InChI=1S/C19H25NO/c1-13(2)15-9-8-10-16(14(3)4)19(15)20-17-11-6-7-12-18(17)21-5/h6-14,20H,1-5H3. The van der Waals surface area contributed by atoms with E-state index in [1.54, 1.807) is 7.11 Å². The zero-order valence-corrected chi connectivity index (χ0v) is 13.6. The second-order valence-electron chi connectivity index (χ2n) is 5.95. The van der Waals surface area contributed by atoms with Gasteiger partial charge in [0, 0.05) is 5.69 Å². The molecule has 112 valence electrons. The van der Waals surface area contributed by atoms with Crippen LogP contribution in [-0.4, -0.2) is 7.11 Å². The van der Waals surface area contributed by atoms with Crippen LogP contribution in [0.2, 0.25) is 0 Å². The minimum atomic E-state index is 0.473. The molecule has 0 aliphatic rings. The lowest BCUT2D eigenvalue weighted by Gasteiger charge is -2.21. The van der Waals surface area contributed by atoms with Crippen LogP contribution in [0.5, 0.6) is 5.75 Å². The lowest BCUT2D eigenvalue weighted by molar-refractivity contribution is 0.417. The summed E-state index contributed by atoms with van der Waals surface area (Å²) in [4.78, 5) is 0. The van der Waals surface area contributed by atoms with Crippen LogP contribution in [0.4, 0.5) is 11.4 Å². The van der Waals surface area contributed by atoms with Gasteiger partial charge in [-0.05, 0) is 35.1 Å². The van der Waals surface area contributed by atoms with Crippen LogP contribution in [0, 0.1) is 0 Å². The van der Waals surface area contributed by atoms with Crippen molar-refractivity contribution in [1.82, 2.24) is 0 Å². The van der Waals surface area contributed by atoms with E-state index in [2.05, 4.69) is 57.3 Å².